The number of fused-ring (bicyclic) bond motifs is 4. The van der Waals surface area contributed by atoms with E-state index >= 15 is 0 Å². The molecule has 0 bridgehead atoms. The van der Waals surface area contributed by atoms with Gasteiger partial charge in [-0.3, -0.25) is 14.3 Å². The highest BCUT2D eigenvalue weighted by Gasteiger charge is 2.36. The Morgan fingerprint density at radius 3 is 2.08 bits per heavy atom. The summed E-state index contributed by atoms with van der Waals surface area (Å²) in [6, 6.07) is 50.4. The molecule has 1 aromatic heterocycles. The number of hydrogen-bond acceptors (Lipinski definition) is 6. The van der Waals surface area contributed by atoms with Crippen molar-refractivity contribution in [3.05, 3.63) is 202 Å². The number of carbonyl (C=O) groups excluding carboxylic acids is 2. The molecule has 2 atom stereocenters. The van der Waals surface area contributed by atoms with Crippen LogP contribution >= 0.6 is 0 Å². The second-order valence-corrected chi connectivity index (χ2v) is 18.4. The molecule has 0 N–H and O–H groups in total. The van der Waals surface area contributed by atoms with Crippen LogP contribution in [0.5, 0.6) is 11.5 Å². The fraction of sp³-hybridized carbons (Fsp3) is 0.250. The molecule has 2 amide bonds. The fourth-order valence-corrected chi connectivity index (χ4v) is 9.69. The van der Waals surface area contributed by atoms with Gasteiger partial charge >= 0.3 is 0 Å². The fourth-order valence-electron chi connectivity index (χ4n) is 9.69. The Labute approximate surface area is 380 Å². The summed E-state index contributed by atoms with van der Waals surface area (Å²) in [7, 11) is 0. The summed E-state index contributed by atoms with van der Waals surface area (Å²) in [5, 5.41) is 12.8. The van der Waals surface area contributed by atoms with Crippen molar-refractivity contribution >= 4 is 33.4 Å². The van der Waals surface area contributed by atoms with Crippen molar-refractivity contribution in [1.29, 1.82) is 0 Å². The molecule has 0 saturated heterocycles. The first kappa shape index (κ1) is 41.7. The van der Waals surface area contributed by atoms with Gasteiger partial charge in [-0.05, 0) is 112 Å². The van der Waals surface area contributed by atoms with Gasteiger partial charge in [-0.25, -0.2) is 0 Å². The van der Waals surface area contributed by atoms with Crippen LogP contribution in [0.3, 0.4) is 0 Å². The minimum atomic E-state index is -0.570. The maximum absolute atomic E-state index is 14.8. The molecule has 65 heavy (non-hydrogen) atoms. The summed E-state index contributed by atoms with van der Waals surface area (Å²) in [4.78, 5) is 32.9. The number of rotatable bonds is 12. The van der Waals surface area contributed by atoms with Crippen molar-refractivity contribution in [3.8, 4) is 11.5 Å². The molecule has 2 aliphatic rings. The van der Waals surface area contributed by atoms with E-state index in [4.69, 9.17) is 9.47 Å². The summed E-state index contributed by atoms with van der Waals surface area (Å²) in [6.07, 6.45) is 3.37. The van der Waals surface area contributed by atoms with Gasteiger partial charge in [-0.1, -0.05) is 134 Å². The van der Waals surface area contributed by atoms with E-state index in [9.17, 15) is 9.59 Å². The van der Waals surface area contributed by atoms with Crippen molar-refractivity contribution in [1.82, 2.24) is 24.8 Å². The first-order valence-corrected chi connectivity index (χ1v) is 22.6. The van der Waals surface area contributed by atoms with Crippen LogP contribution in [0.2, 0.25) is 0 Å². The van der Waals surface area contributed by atoms with Gasteiger partial charge in [0.25, 0.3) is 11.8 Å². The topological polar surface area (TPSA) is 89.8 Å². The Hall–Kier alpha value is -7.26. The second-order valence-electron chi connectivity index (χ2n) is 18.4. The van der Waals surface area contributed by atoms with Gasteiger partial charge in [0.2, 0.25) is 0 Å². The van der Waals surface area contributed by atoms with Crippen molar-refractivity contribution in [2.24, 2.45) is 0 Å². The Bertz CT molecular complexity index is 3040. The van der Waals surface area contributed by atoms with Gasteiger partial charge in [0, 0.05) is 36.8 Å². The van der Waals surface area contributed by atoms with E-state index < -0.39 is 5.60 Å². The smallest absolute Gasteiger partial charge is 0.255 e. The largest absolute Gasteiger partial charge is 0.491 e. The molecular weight excluding hydrogens is 807 g/mol. The molecule has 0 radical (unpaired) electrons. The van der Waals surface area contributed by atoms with Gasteiger partial charge in [-0.15, -0.1) is 5.10 Å². The zero-order valence-corrected chi connectivity index (χ0v) is 37.4. The maximum atomic E-state index is 14.8. The van der Waals surface area contributed by atoms with Gasteiger partial charge in [0.05, 0.1) is 24.3 Å². The van der Waals surface area contributed by atoms with Crippen LogP contribution in [0.15, 0.2) is 158 Å². The van der Waals surface area contributed by atoms with Crippen LogP contribution in [0.25, 0.3) is 21.5 Å². The molecule has 0 spiro atoms. The van der Waals surface area contributed by atoms with Crippen molar-refractivity contribution in [2.75, 3.05) is 6.61 Å². The predicted molar refractivity (Wildman–Crippen MR) is 255 cm³/mol. The third-order valence-electron chi connectivity index (χ3n) is 13.0. The second kappa shape index (κ2) is 17.4. The van der Waals surface area contributed by atoms with Crippen molar-refractivity contribution in [3.63, 3.8) is 0 Å². The van der Waals surface area contributed by atoms with Crippen LogP contribution in [0.4, 0.5) is 0 Å². The molecule has 8 aromatic rings. The Morgan fingerprint density at radius 1 is 0.677 bits per heavy atom. The SMILES string of the molecule is CC(C)c1cn(CC2Cc3ccccc3CN2C(=O)c2cccc3ccc(CC(C)(C)Oc4ccc(OCC5c6ccccc6CN5C(=O)c5cccc6ccccc56)cc4)cc23)nn1. The van der Waals surface area contributed by atoms with Crippen LogP contribution in [-0.2, 0) is 32.5 Å². The molecule has 9 heteroatoms. The summed E-state index contributed by atoms with van der Waals surface area (Å²) in [6.45, 7) is 10.3. The lowest BCUT2D eigenvalue weighted by atomic mass is 9.91. The lowest BCUT2D eigenvalue weighted by Gasteiger charge is -2.37. The molecule has 2 unspecified atom stereocenters. The lowest BCUT2D eigenvalue weighted by Crippen LogP contribution is -2.46. The summed E-state index contributed by atoms with van der Waals surface area (Å²) < 4.78 is 14.9. The number of aromatic nitrogens is 3. The predicted octanol–water partition coefficient (Wildman–Crippen LogP) is 11.2. The van der Waals surface area contributed by atoms with E-state index in [-0.39, 0.29) is 29.8 Å². The Balaban J connectivity index is 0.829. The molecule has 2 aliphatic heterocycles. The highest BCUT2D eigenvalue weighted by atomic mass is 16.5. The number of nitrogens with zero attached hydrogens (tertiary/aromatic N) is 5. The highest BCUT2D eigenvalue weighted by Crippen LogP contribution is 2.37. The van der Waals surface area contributed by atoms with E-state index in [0.717, 1.165) is 56.1 Å². The normalized spacial score (nSPS) is 15.9. The first-order chi connectivity index (χ1) is 31.6. The zero-order valence-electron chi connectivity index (χ0n) is 37.4. The van der Waals surface area contributed by atoms with E-state index in [2.05, 4.69) is 92.6 Å². The zero-order chi connectivity index (χ0) is 44.7. The van der Waals surface area contributed by atoms with Gasteiger partial charge in [0.15, 0.2) is 0 Å². The van der Waals surface area contributed by atoms with Gasteiger partial charge in [-0.2, -0.15) is 0 Å². The summed E-state index contributed by atoms with van der Waals surface area (Å²) >= 11 is 0. The van der Waals surface area contributed by atoms with Crippen molar-refractivity contribution in [2.45, 2.75) is 83.8 Å². The number of benzene rings is 7. The number of hydrogen-bond donors (Lipinski definition) is 0. The quantitative estimate of drug-likeness (QED) is 0.122. The molecule has 10 rings (SSSR count). The monoisotopic (exact) mass is 859 g/mol. The van der Waals surface area contributed by atoms with Crippen LogP contribution in [0.1, 0.15) is 93.9 Å². The van der Waals surface area contributed by atoms with Gasteiger partial charge in [0.1, 0.15) is 23.7 Å². The Morgan fingerprint density at radius 2 is 1.31 bits per heavy atom. The molecular formula is C56H53N5O4. The van der Waals surface area contributed by atoms with Crippen LogP contribution in [0, 0.1) is 0 Å². The minimum absolute atomic E-state index is 0.00635. The molecule has 9 nitrogen and oxygen atoms in total. The third kappa shape index (κ3) is 8.58. The van der Waals surface area contributed by atoms with Gasteiger partial charge < -0.3 is 19.3 Å². The molecule has 0 aliphatic carbocycles. The van der Waals surface area contributed by atoms with E-state index in [0.29, 0.717) is 49.5 Å². The number of amides is 2. The molecule has 0 fully saturated rings. The summed E-state index contributed by atoms with van der Waals surface area (Å²) in [5.74, 6) is 1.70. The first-order valence-electron chi connectivity index (χ1n) is 22.6. The average molecular weight is 860 g/mol. The molecule has 326 valence electrons. The Kier molecular flexibility index (Phi) is 11.2. The van der Waals surface area contributed by atoms with Crippen LogP contribution in [-0.4, -0.2) is 54.9 Å². The highest BCUT2D eigenvalue weighted by molar-refractivity contribution is 6.08. The van der Waals surface area contributed by atoms with Crippen molar-refractivity contribution < 1.29 is 19.1 Å². The van der Waals surface area contributed by atoms with E-state index in [1.165, 1.54) is 11.1 Å². The third-order valence-corrected chi connectivity index (χ3v) is 13.0. The molecule has 7 aromatic carbocycles. The minimum Gasteiger partial charge on any atom is -0.491 e. The lowest BCUT2D eigenvalue weighted by molar-refractivity contribution is 0.0613. The standard InChI is InChI=1S/C56H53N5O4/c1-37(2)52-35-59(58-57-52)34-44-30-41-14-5-6-15-42(41)32-60(44)54(62)50-22-12-18-40-24-23-38(29-51(40)50)31-56(3,4)65-46-27-25-45(26-28-46)64-36-53-48-20-10-8-16-43(48)33-61(53)55(63)49-21-11-17-39-13-7-9-19-47(39)49/h5-29,35,37,44,53H,30-34,36H2,1-4H3. The van der Waals surface area contributed by atoms with E-state index in [1.807, 2.05) is 118 Å². The maximum Gasteiger partial charge on any atom is 0.255 e. The average Bonchev–Trinajstić information content (AvgIpc) is 3.95. The van der Waals surface area contributed by atoms with Crippen LogP contribution < -0.4 is 9.47 Å². The molecule has 0 saturated carbocycles. The number of ether oxygens (including phenoxy) is 2. The van der Waals surface area contributed by atoms with E-state index in [1.54, 1.807) is 0 Å². The summed E-state index contributed by atoms with van der Waals surface area (Å²) in [5.41, 5.74) is 7.52. The molecule has 3 heterocycles. The number of carbonyl (C=O) groups is 2.